The normalized spacial score (nSPS) is 13.9. The number of benzene rings is 2. The average molecular weight is 291 g/mol. The highest BCUT2D eigenvalue weighted by Gasteiger charge is 2.30. The second kappa shape index (κ2) is 5.47. The third kappa shape index (κ3) is 2.54. The third-order valence-electron chi connectivity index (χ3n) is 3.81. The van der Waals surface area contributed by atoms with E-state index in [4.69, 9.17) is 16.3 Å². The Labute approximate surface area is 125 Å². The van der Waals surface area contributed by atoms with E-state index in [2.05, 4.69) is 0 Å². The lowest BCUT2D eigenvalue weighted by Gasteiger charge is -2.27. The maximum Gasteiger partial charge on any atom is 0.128 e. The van der Waals surface area contributed by atoms with Crippen LogP contribution in [0.4, 0.5) is 0 Å². The van der Waals surface area contributed by atoms with Gasteiger partial charge in [0.05, 0.1) is 7.11 Å². The van der Waals surface area contributed by atoms with Crippen molar-refractivity contribution in [3.63, 3.8) is 0 Å². The fourth-order valence-corrected chi connectivity index (χ4v) is 2.49. The zero-order chi connectivity index (χ0) is 14.9. The summed E-state index contributed by atoms with van der Waals surface area (Å²) in [5.74, 6) is 0.727. The van der Waals surface area contributed by atoms with Crippen molar-refractivity contribution in [2.75, 3.05) is 7.11 Å². The minimum Gasteiger partial charge on any atom is -0.496 e. The molecule has 0 radical (unpaired) electrons. The molecule has 3 heteroatoms. The van der Waals surface area contributed by atoms with E-state index in [0.717, 1.165) is 28.0 Å². The molecular formula is C17H19ClO2. The van der Waals surface area contributed by atoms with Crippen LogP contribution in [0, 0.1) is 13.8 Å². The van der Waals surface area contributed by atoms with Crippen LogP contribution in [0.1, 0.15) is 29.2 Å². The number of aryl methyl sites for hydroxylation is 1. The summed E-state index contributed by atoms with van der Waals surface area (Å²) in [6, 6.07) is 11.1. The Morgan fingerprint density at radius 3 is 2.20 bits per heavy atom. The Bertz CT molecular complexity index is 616. The van der Waals surface area contributed by atoms with Gasteiger partial charge in [0.1, 0.15) is 11.4 Å². The fraction of sp³-hybridized carbons (Fsp3) is 0.294. The number of ether oxygens (including phenoxy) is 1. The Kier molecular flexibility index (Phi) is 4.07. The van der Waals surface area contributed by atoms with Gasteiger partial charge in [0.25, 0.3) is 0 Å². The molecule has 106 valence electrons. The van der Waals surface area contributed by atoms with Crippen LogP contribution in [0.25, 0.3) is 0 Å². The predicted octanol–water partition coefficient (Wildman–Crippen LogP) is 4.22. The van der Waals surface area contributed by atoms with E-state index in [9.17, 15) is 5.11 Å². The summed E-state index contributed by atoms with van der Waals surface area (Å²) in [5, 5.41) is 11.6. The Morgan fingerprint density at radius 2 is 1.65 bits per heavy atom. The van der Waals surface area contributed by atoms with Crippen molar-refractivity contribution < 1.29 is 9.84 Å². The van der Waals surface area contributed by atoms with Crippen LogP contribution in [0.5, 0.6) is 5.75 Å². The molecule has 0 aliphatic heterocycles. The highest BCUT2D eigenvalue weighted by molar-refractivity contribution is 6.30. The average Bonchev–Trinajstić information content (AvgIpc) is 2.42. The van der Waals surface area contributed by atoms with Gasteiger partial charge in [-0.25, -0.2) is 0 Å². The van der Waals surface area contributed by atoms with Gasteiger partial charge in [0, 0.05) is 10.6 Å². The molecule has 2 aromatic rings. The van der Waals surface area contributed by atoms with Crippen molar-refractivity contribution in [3.05, 3.63) is 63.7 Å². The molecule has 0 aliphatic carbocycles. The lowest BCUT2D eigenvalue weighted by molar-refractivity contribution is 0.0988. The van der Waals surface area contributed by atoms with Gasteiger partial charge in [-0.15, -0.1) is 0 Å². The lowest BCUT2D eigenvalue weighted by atomic mass is 9.86. The molecule has 0 aliphatic rings. The molecule has 1 unspecified atom stereocenters. The first-order valence-electron chi connectivity index (χ1n) is 6.51. The molecule has 2 aromatic carbocycles. The number of halogens is 1. The van der Waals surface area contributed by atoms with Crippen molar-refractivity contribution >= 4 is 11.6 Å². The van der Waals surface area contributed by atoms with Crippen LogP contribution in [0.15, 0.2) is 36.4 Å². The smallest absolute Gasteiger partial charge is 0.128 e. The van der Waals surface area contributed by atoms with Crippen molar-refractivity contribution in [2.45, 2.75) is 26.4 Å². The molecule has 0 bridgehead atoms. The SMILES string of the molecule is COc1c(C(C)(O)c2ccc(Cl)cc2)ccc(C)c1C. The number of hydrogen-bond donors (Lipinski definition) is 1. The lowest BCUT2D eigenvalue weighted by Crippen LogP contribution is -2.24. The first-order chi connectivity index (χ1) is 9.37. The van der Waals surface area contributed by atoms with E-state index < -0.39 is 5.60 Å². The second-order valence-electron chi connectivity index (χ2n) is 5.17. The van der Waals surface area contributed by atoms with Crippen molar-refractivity contribution in [3.8, 4) is 5.75 Å². The van der Waals surface area contributed by atoms with Gasteiger partial charge < -0.3 is 9.84 Å². The minimum atomic E-state index is -1.13. The Balaban J connectivity index is 2.59. The predicted molar refractivity (Wildman–Crippen MR) is 82.6 cm³/mol. The van der Waals surface area contributed by atoms with Crippen molar-refractivity contribution in [1.29, 1.82) is 0 Å². The highest BCUT2D eigenvalue weighted by Crippen LogP contribution is 2.38. The van der Waals surface area contributed by atoms with Gasteiger partial charge in [-0.1, -0.05) is 35.9 Å². The highest BCUT2D eigenvalue weighted by atomic mass is 35.5. The molecule has 0 spiro atoms. The summed E-state index contributed by atoms with van der Waals surface area (Å²) in [6.07, 6.45) is 0. The summed E-state index contributed by atoms with van der Waals surface area (Å²) >= 11 is 5.91. The van der Waals surface area contributed by atoms with E-state index in [0.29, 0.717) is 5.02 Å². The third-order valence-corrected chi connectivity index (χ3v) is 4.06. The van der Waals surface area contributed by atoms with Crippen LogP contribution in [-0.2, 0) is 5.60 Å². The summed E-state index contributed by atoms with van der Waals surface area (Å²) in [4.78, 5) is 0. The molecule has 1 N–H and O–H groups in total. The molecule has 0 saturated carbocycles. The molecular weight excluding hydrogens is 272 g/mol. The largest absolute Gasteiger partial charge is 0.496 e. The van der Waals surface area contributed by atoms with E-state index in [1.165, 1.54) is 0 Å². The van der Waals surface area contributed by atoms with Crippen LogP contribution < -0.4 is 4.74 Å². The van der Waals surface area contributed by atoms with Crippen LogP contribution in [0.3, 0.4) is 0 Å². The topological polar surface area (TPSA) is 29.5 Å². The minimum absolute atomic E-state index is 0.650. The van der Waals surface area contributed by atoms with Gasteiger partial charge in [0.15, 0.2) is 0 Å². The summed E-state index contributed by atoms with van der Waals surface area (Å²) in [7, 11) is 1.63. The molecule has 2 rings (SSSR count). The monoisotopic (exact) mass is 290 g/mol. The number of rotatable bonds is 3. The van der Waals surface area contributed by atoms with Gasteiger partial charge in [-0.3, -0.25) is 0 Å². The number of aliphatic hydroxyl groups is 1. The zero-order valence-corrected chi connectivity index (χ0v) is 13.0. The number of methoxy groups -OCH3 is 1. The van der Waals surface area contributed by atoms with Crippen molar-refractivity contribution in [2.24, 2.45) is 0 Å². The second-order valence-corrected chi connectivity index (χ2v) is 5.60. The van der Waals surface area contributed by atoms with Gasteiger partial charge >= 0.3 is 0 Å². The molecule has 0 aromatic heterocycles. The first kappa shape index (κ1) is 14.9. The van der Waals surface area contributed by atoms with Crippen molar-refractivity contribution in [1.82, 2.24) is 0 Å². The zero-order valence-electron chi connectivity index (χ0n) is 12.2. The van der Waals surface area contributed by atoms with Gasteiger partial charge in [-0.05, 0) is 49.6 Å². The van der Waals surface area contributed by atoms with Crippen LogP contribution in [0.2, 0.25) is 5.02 Å². The Hall–Kier alpha value is -1.51. The molecule has 0 heterocycles. The quantitative estimate of drug-likeness (QED) is 0.917. The van der Waals surface area contributed by atoms with Gasteiger partial charge in [-0.2, -0.15) is 0 Å². The Morgan fingerprint density at radius 1 is 1.05 bits per heavy atom. The summed E-state index contributed by atoms with van der Waals surface area (Å²) in [5.41, 5.74) is 2.58. The van der Waals surface area contributed by atoms with E-state index in [1.807, 2.05) is 38.1 Å². The molecule has 0 amide bonds. The molecule has 2 nitrogen and oxygen atoms in total. The molecule has 0 fully saturated rings. The first-order valence-corrected chi connectivity index (χ1v) is 6.88. The maximum atomic E-state index is 11.0. The molecule has 20 heavy (non-hydrogen) atoms. The van der Waals surface area contributed by atoms with E-state index in [-0.39, 0.29) is 0 Å². The van der Waals surface area contributed by atoms with E-state index >= 15 is 0 Å². The maximum absolute atomic E-state index is 11.0. The fourth-order valence-electron chi connectivity index (χ4n) is 2.37. The summed E-state index contributed by atoms with van der Waals surface area (Å²) in [6.45, 7) is 5.79. The summed E-state index contributed by atoms with van der Waals surface area (Å²) < 4.78 is 5.50. The van der Waals surface area contributed by atoms with Crippen LogP contribution >= 0.6 is 11.6 Å². The molecule has 0 saturated heterocycles. The standard InChI is InChI=1S/C17H19ClO2/c1-11-5-10-15(16(20-4)12(11)2)17(3,19)13-6-8-14(18)9-7-13/h5-10,19H,1-4H3. The van der Waals surface area contributed by atoms with Gasteiger partial charge in [0.2, 0.25) is 0 Å². The van der Waals surface area contributed by atoms with Crippen LogP contribution in [-0.4, -0.2) is 12.2 Å². The number of hydrogen-bond acceptors (Lipinski definition) is 2. The van der Waals surface area contributed by atoms with E-state index in [1.54, 1.807) is 26.2 Å². The molecule has 1 atom stereocenters.